The molecule has 166 valence electrons. The number of anilines is 1. The van der Waals surface area contributed by atoms with Crippen LogP contribution in [0, 0.1) is 0 Å². The maximum absolute atomic E-state index is 13.2. The van der Waals surface area contributed by atoms with E-state index >= 15 is 0 Å². The van der Waals surface area contributed by atoms with Crippen LogP contribution in [0.4, 0.5) is 5.69 Å². The highest BCUT2D eigenvalue weighted by molar-refractivity contribution is 6.11. The van der Waals surface area contributed by atoms with Crippen molar-refractivity contribution in [3.8, 4) is 5.69 Å². The van der Waals surface area contributed by atoms with E-state index in [-0.39, 0.29) is 17.2 Å². The zero-order valence-corrected chi connectivity index (χ0v) is 18.5. The van der Waals surface area contributed by atoms with Crippen molar-refractivity contribution in [1.82, 2.24) is 14.7 Å². The predicted molar refractivity (Wildman–Crippen MR) is 129 cm³/mol. The molecule has 7 nitrogen and oxygen atoms in total. The van der Waals surface area contributed by atoms with Crippen LogP contribution >= 0.6 is 0 Å². The highest BCUT2D eigenvalue weighted by atomic mass is 16.2. The van der Waals surface area contributed by atoms with Gasteiger partial charge in [0.25, 0.3) is 17.4 Å². The van der Waals surface area contributed by atoms with Crippen LogP contribution < -0.4 is 10.9 Å². The lowest BCUT2D eigenvalue weighted by Gasteiger charge is -2.18. The van der Waals surface area contributed by atoms with Crippen LogP contribution in [0.5, 0.6) is 0 Å². The standard InChI is InChI=1S/C26H24N4O3/c1-3-29(4-2)25(32)18-14-16-19(17-15-18)27-24(31)23-21-12-8-9-13-22(21)26(33)30(28-23)20-10-6-5-7-11-20/h5-17H,3-4H2,1-2H3,(H,27,31). The molecule has 0 aliphatic rings. The van der Waals surface area contributed by atoms with Crippen LogP contribution in [0.3, 0.4) is 0 Å². The topological polar surface area (TPSA) is 84.3 Å². The molecule has 0 fully saturated rings. The number of hydrogen-bond donors (Lipinski definition) is 1. The molecular weight excluding hydrogens is 416 g/mol. The Balaban J connectivity index is 1.68. The van der Waals surface area contributed by atoms with Crippen molar-refractivity contribution in [3.63, 3.8) is 0 Å². The van der Waals surface area contributed by atoms with E-state index in [2.05, 4.69) is 10.4 Å². The third kappa shape index (κ3) is 4.39. The number of carbonyl (C=O) groups is 2. The molecule has 1 aromatic heterocycles. The third-order valence-corrected chi connectivity index (χ3v) is 5.46. The van der Waals surface area contributed by atoms with Gasteiger partial charge in [0.05, 0.1) is 11.1 Å². The van der Waals surface area contributed by atoms with Gasteiger partial charge in [-0.3, -0.25) is 14.4 Å². The Labute approximate surface area is 191 Å². The molecule has 1 N–H and O–H groups in total. The number of hydrogen-bond acceptors (Lipinski definition) is 4. The molecule has 3 aromatic carbocycles. The number of aromatic nitrogens is 2. The first-order chi connectivity index (χ1) is 16.0. The van der Waals surface area contributed by atoms with Crippen molar-refractivity contribution in [1.29, 1.82) is 0 Å². The fraction of sp³-hybridized carbons (Fsp3) is 0.154. The Morgan fingerprint density at radius 2 is 1.45 bits per heavy atom. The largest absolute Gasteiger partial charge is 0.339 e. The molecule has 4 rings (SSSR count). The molecule has 0 aliphatic heterocycles. The summed E-state index contributed by atoms with van der Waals surface area (Å²) < 4.78 is 1.24. The van der Waals surface area contributed by atoms with E-state index < -0.39 is 5.91 Å². The summed E-state index contributed by atoms with van der Waals surface area (Å²) in [5.74, 6) is -0.501. The monoisotopic (exact) mass is 440 g/mol. The van der Waals surface area contributed by atoms with Gasteiger partial charge in [-0.15, -0.1) is 0 Å². The summed E-state index contributed by atoms with van der Waals surface area (Å²) in [6, 6.07) is 22.6. The van der Waals surface area contributed by atoms with Crippen LogP contribution in [-0.4, -0.2) is 39.6 Å². The van der Waals surface area contributed by atoms with Gasteiger partial charge in [-0.1, -0.05) is 36.4 Å². The number of carbonyl (C=O) groups excluding carboxylic acids is 2. The molecule has 33 heavy (non-hydrogen) atoms. The van der Waals surface area contributed by atoms with Gasteiger partial charge in [-0.25, -0.2) is 0 Å². The summed E-state index contributed by atoms with van der Waals surface area (Å²) in [5, 5.41) is 8.10. The first kappa shape index (κ1) is 22.0. The number of amides is 2. The number of rotatable bonds is 6. The Kier molecular flexibility index (Phi) is 6.31. The van der Waals surface area contributed by atoms with Crippen LogP contribution in [-0.2, 0) is 0 Å². The molecule has 0 spiro atoms. The summed E-state index contributed by atoms with van der Waals surface area (Å²) in [4.78, 5) is 40.4. The number of benzene rings is 3. The highest BCUT2D eigenvalue weighted by Gasteiger charge is 2.18. The molecule has 0 radical (unpaired) electrons. The molecule has 0 saturated heterocycles. The van der Waals surface area contributed by atoms with Crippen molar-refractivity contribution < 1.29 is 9.59 Å². The first-order valence-electron chi connectivity index (χ1n) is 10.8. The van der Waals surface area contributed by atoms with Crippen molar-refractivity contribution in [2.45, 2.75) is 13.8 Å². The second-order valence-electron chi connectivity index (χ2n) is 7.46. The second kappa shape index (κ2) is 9.48. The van der Waals surface area contributed by atoms with Gasteiger partial charge in [-0.05, 0) is 56.3 Å². The lowest BCUT2D eigenvalue weighted by molar-refractivity contribution is 0.0773. The minimum absolute atomic E-state index is 0.0551. The fourth-order valence-electron chi connectivity index (χ4n) is 3.68. The summed E-state index contributed by atoms with van der Waals surface area (Å²) in [5.41, 5.74) is 1.49. The van der Waals surface area contributed by atoms with E-state index in [1.165, 1.54) is 4.68 Å². The maximum Gasteiger partial charge on any atom is 0.279 e. The normalized spacial score (nSPS) is 10.7. The molecule has 7 heteroatoms. The Morgan fingerprint density at radius 1 is 0.848 bits per heavy atom. The quantitative estimate of drug-likeness (QED) is 0.489. The van der Waals surface area contributed by atoms with Gasteiger partial charge < -0.3 is 10.2 Å². The average molecular weight is 441 g/mol. The zero-order chi connectivity index (χ0) is 23.4. The summed E-state index contributed by atoms with van der Waals surface area (Å²) in [6.07, 6.45) is 0. The number of nitrogens with zero attached hydrogens (tertiary/aromatic N) is 3. The lowest BCUT2D eigenvalue weighted by Crippen LogP contribution is -2.30. The second-order valence-corrected chi connectivity index (χ2v) is 7.46. The summed E-state index contributed by atoms with van der Waals surface area (Å²) >= 11 is 0. The molecule has 0 unspecified atom stereocenters. The first-order valence-corrected chi connectivity index (χ1v) is 10.8. The summed E-state index contributed by atoms with van der Waals surface area (Å²) in [6.45, 7) is 5.12. The molecule has 2 amide bonds. The van der Waals surface area contributed by atoms with Crippen LogP contribution in [0.1, 0.15) is 34.7 Å². The Morgan fingerprint density at radius 3 is 2.09 bits per heavy atom. The smallest absolute Gasteiger partial charge is 0.279 e. The molecule has 0 aliphatic carbocycles. The van der Waals surface area contributed by atoms with E-state index in [1.54, 1.807) is 77.7 Å². The van der Waals surface area contributed by atoms with Crippen LogP contribution in [0.2, 0.25) is 0 Å². The van der Waals surface area contributed by atoms with E-state index in [9.17, 15) is 14.4 Å². The molecule has 1 heterocycles. The van der Waals surface area contributed by atoms with Gasteiger partial charge in [0.1, 0.15) is 0 Å². The van der Waals surface area contributed by atoms with Crippen LogP contribution in [0.25, 0.3) is 16.5 Å². The minimum Gasteiger partial charge on any atom is -0.339 e. The van der Waals surface area contributed by atoms with Crippen LogP contribution in [0.15, 0.2) is 83.7 Å². The maximum atomic E-state index is 13.2. The van der Waals surface area contributed by atoms with Crippen molar-refractivity contribution >= 4 is 28.3 Å². The van der Waals surface area contributed by atoms with Crippen molar-refractivity contribution in [2.24, 2.45) is 0 Å². The van der Waals surface area contributed by atoms with E-state index in [1.807, 2.05) is 19.9 Å². The molecule has 0 bridgehead atoms. The Bertz CT molecular complexity index is 1360. The van der Waals surface area contributed by atoms with Gasteiger partial charge in [0.2, 0.25) is 0 Å². The molecular formula is C26H24N4O3. The minimum atomic E-state index is -0.446. The number of para-hydroxylation sites is 1. The fourth-order valence-corrected chi connectivity index (χ4v) is 3.68. The Hall–Kier alpha value is -4.26. The zero-order valence-electron chi connectivity index (χ0n) is 18.5. The number of fused-ring (bicyclic) bond motifs is 1. The molecule has 4 aromatic rings. The van der Waals surface area contributed by atoms with Gasteiger partial charge in [-0.2, -0.15) is 9.78 Å². The third-order valence-electron chi connectivity index (χ3n) is 5.46. The number of nitrogens with one attached hydrogen (secondary N) is 1. The van der Waals surface area contributed by atoms with E-state index in [4.69, 9.17) is 0 Å². The molecule has 0 saturated carbocycles. The van der Waals surface area contributed by atoms with Crippen molar-refractivity contribution in [3.05, 3.63) is 100 Å². The average Bonchev–Trinajstić information content (AvgIpc) is 2.86. The van der Waals surface area contributed by atoms with E-state index in [0.29, 0.717) is 40.8 Å². The van der Waals surface area contributed by atoms with Gasteiger partial charge >= 0.3 is 0 Å². The van der Waals surface area contributed by atoms with Gasteiger partial charge in [0.15, 0.2) is 5.69 Å². The highest BCUT2D eigenvalue weighted by Crippen LogP contribution is 2.18. The summed E-state index contributed by atoms with van der Waals surface area (Å²) in [7, 11) is 0. The molecule has 0 atom stereocenters. The SMILES string of the molecule is CCN(CC)C(=O)c1ccc(NC(=O)c2nn(-c3ccccc3)c(=O)c3ccccc23)cc1. The van der Waals surface area contributed by atoms with E-state index in [0.717, 1.165) is 0 Å². The van der Waals surface area contributed by atoms with Gasteiger partial charge in [0, 0.05) is 29.7 Å². The lowest BCUT2D eigenvalue weighted by atomic mass is 10.1. The van der Waals surface area contributed by atoms with Crippen molar-refractivity contribution in [2.75, 3.05) is 18.4 Å². The predicted octanol–water partition coefficient (Wildman–Crippen LogP) is 4.12.